The molecule has 0 aliphatic carbocycles. The molecular formula is C15H13BrCl2O. The van der Waals surface area contributed by atoms with Gasteiger partial charge in [0.15, 0.2) is 0 Å². The van der Waals surface area contributed by atoms with Gasteiger partial charge in [0.05, 0.1) is 5.02 Å². The molecule has 0 bridgehead atoms. The number of aliphatic hydroxyl groups is 1. The van der Waals surface area contributed by atoms with Crippen LogP contribution in [0.4, 0.5) is 0 Å². The molecule has 0 aromatic heterocycles. The lowest BCUT2D eigenvalue weighted by Crippen LogP contribution is -2.03. The molecule has 1 nitrogen and oxygen atoms in total. The summed E-state index contributed by atoms with van der Waals surface area (Å²) in [5, 5.41) is 11.8. The molecule has 1 N–H and O–H groups in total. The van der Waals surface area contributed by atoms with Crippen LogP contribution in [0.3, 0.4) is 0 Å². The summed E-state index contributed by atoms with van der Waals surface area (Å²) in [5.41, 5.74) is 3.52. The molecule has 100 valence electrons. The standard InChI is InChI=1S/C15H13BrCl2O/c1-8-6-13(17)9(2)5-11(8)15(19)10-3-4-12(16)14(18)7-10/h3-7,15,19H,1-2H3. The van der Waals surface area contributed by atoms with Gasteiger partial charge in [0.25, 0.3) is 0 Å². The first-order valence-corrected chi connectivity index (χ1v) is 7.34. The minimum Gasteiger partial charge on any atom is -0.384 e. The van der Waals surface area contributed by atoms with Gasteiger partial charge in [-0.1, -0.05) is 35.3 Å². The van der Waals surface area contributed by atoms with E-state index in [-0.39, 0.29) is 0 Å². The van der Waals surface area contributed by atoms with Crippen molar-refractivity contribution in [1.82, 2.24) is 0 Å². The van der Waals surface area contributed by atoms with Crippen LogP contribution in [0, 0.1) is 13.8 Å². The van der Waals surface area contributed by atoms with E-state index in [1.54, 1.807) is 6.07 Å². The van der Waals surface area contributed by atoms with Crippen LogP contribution in [0.25, 0.3) is 0 Å². The molecular weight excluding hydrogens is 347 g/mol. The lowest BCUT2D eigenvalue weighted by atomic mass is 9.96. The molecule has 0 saturated heterocycles. The molecule has 0 heterocycles. The van der Waals surface area contributed by atoms with E-state index in [1.807, 2.05) is 38.1 Å². The Labute approximate surface area is 131 Å². The Kier molecular flexibility index (Phi) is 4.57. The average Bonchev–Trinajstić information content (AvgIpc) is 2.36. The third kappa shape index (κ3) is 3.14. The van der Waals surface area contributed by atoms with E-state index < -0.39 is 6.10 Å². The normalized spacial score (nSPS) is 12.5. The van der Waals surface area contributed by atoms with Gasteiger partial charge in [-0.2, -0.15) is 0 Å². The summed E-state index contributed by atoms with van der Waals surface area (Å²) in [5.74, 6) is 0. The van der Waals surface area contributed by atoms with Gasteiger partial charge in [-0.3, -0.25) is 0 Å². The Bertz CT molecular complexity index is 626. The number of aryl methyl sites for hydroxylation is 2. The van der Waals surface area contributed by atoms with Crippen LogP contribution in [0.15, 0.2) is 34.8 Å². The molecule has 0 radical (unpaired) electrons. The average molecular weight is 360 g/mol. The first kappa shape index (κ1) is 14.9. The van der Waals surface area contributed by atoms with Crippen LogP contribution >= 0.6 is 39.1 Å². The van der Waals surface area contributed by atoms with Gasteiger partial charge in [0, 0.05) is 9.50 Å². The smallest absolute Gasteiger partial charge is 0.104 e. The van der Waals surface area contributed by atoms with Crippen molar-refractivity contribution in [3.8, 4) is 0 Å². The van der Waals surface area contributed by atoms with Crippen molar-refractivity contribution in [3.63, 3.8) is 0 Å². The topological polar surface area (TPSA) is 20.2 Å². The Balaban J connectivity index is 2.46. The van der Waals surface area contributed by atoms with Crippen molar-refractivity contribution in [2.45, 2.75) is 20.0 Å². The number of hydrogen-bond acceptors (Lipinski definition) is 1. The lowest BCUT2D eigenvalue weighted by molar-refractivity contribution is 0.219. The first-order chi connectivity index (χ1) is 8.90. The van der Waals surface area contributed by atoms with E-state index in [0.717, 1.165) is 26.7 Å². The first-order valence-electron chi connectivity index (χ1n) is 5.80. The second kappa shape index (κ2) is 5.84. The molecule has 2 aromatic rings. The zero-order valence-corrected chi connectivity index (χ0v) is 13.6. The quantitative estimate of drug-likeness (QED) is 0.755. The van der Waals surface area contributed by atoms with Gasteiger partial charge in [0.1, 0.15) is 6.10 Å². The minimum atomic E-state index is -0.707. The van der Waals surface area contributed by atoms with E-state index in [4.69, 9.17) is 23.2 Å². The fourth-order valence-corrected chi connectivity index (χ4v) is 2.61. The molecule has 1 unspecified atom stereocenters. The summed E-state index contributed by atoms with van der Waals surface area (Å²) in [6, 6.07) is 9.23. The molecule has 0 fully saturated rings. The second-order valence-electron chi connectivity index (χ2n) is 4.53. The molecule has 19 heavy (non-hydrogen) atoms. The second-order valence-corrected chi connectivity index (χ2v) is 6.20. The molecule has 0 spiro atoms. The van der Waals surface area contributed by atoms with Crippen molar-refractivity contribution >= 4 is 39.1 Å². The van der Waals surface area contributed by atoms with E-state index in [9.17, 15) is 5.11 Å². The third-order valence-electron chi connectivity index (χ3n) is 3.10. The summed E-state index contributed by atoms with van der Waals surface area (Å²) in [7, 11) is 0. The minimum absolute atomic E-state index is 0.583. The molecule has 2 rings (SSSR count). The van der Waals surface area contributed by atoms with Crippen molar-refractivity contribution < 1.29 is 5.11 Å². The summed E-state index contributed by atoms with van der Waals surface area (Å²) >= 11 is 15.5. The molecule has 1 atom stereocenters. The Morgan fingerprint density at radius 2 is 1.68 bits per heavy atom. The van der Waals surface area contributed by atoms with Crippen molar-refractivity contribution in [3.05, 3.63) is 67.1 Å². The van der Waals surface area contributed by atoms with Crippen LogP contribution in [0.2, 0.25) is 10.0 Å². The van der Waals surface area contributed by atoms with Crippen molar-refractivity contribution in [1.29, 1.82) is 0 Å². The SMILES string of the molecule is Cc1cc(C(O)c2ccc(Br)c(Cl)c2)c(C)cc1Cl. The van der Waals surface area contributed by atoms with Crippen LogP contribution in [0.1, 0.15) is 28.4 Å². The van der Waals surface area contributed by atoms with Gasteiger partial charge in [-0.15, -0.1) is 0 Å². The Morgan fingerprint density at radius 1 is 1.00 bits per heavy atom. The highest BCUT2D eigenvalue weighted by Gasteiger charge is 2.15. The van der Waals surface area contributed by atoms with Gasteiger partial charge in [-0.25, -0.2) is 0 Å². The van der Waals surface area contributed by atoms with Gasteiger partial charge < -0.3 is 5.11 Å². The molecule has 0 aliphatic heterocycles. The fraction of sp³-hybridized carbons (Fsp3) is 0.200. The monoisotopic (exact) mass is 358 g/mol. The Hall–Kier alpha value is -0.540. The van der Waals surface area contributed by atoms with Crippen molar-refractivity contribution in [2.75, 3.05) is 0 Å². The zero-order chi connectivity index (χ0) is 14.2. The maximum absolute atomic E-state index is 10.5. The predicted molar refractivity (Wildman–Crippen MR) is 84.1 cm³/mol. The van der Waals surface area contributed by atoms with Crippen LogP contribution < -0.4 is 0 Å². The lowest BCUT2D eigenvalue weighted by Gasteiger charge is -2.16. The summed E-state index contributed by atoms with van der Waals surface area (Å²) in [6.45, 7) is 3.86. The highest BCUT2D eigenvalue weighted by Crippen LogP contribution is 2.32. The number of hydrogen-bond donors (Lipinski definition) is 1. The van der Waals surface area contributed by atoms with Crippen LogP contribution in [-0.2, 0) is 0 Å². The van der Waals surface area contributed by atoms with E-state index in [0.29, 0.717) is 10.0 Å². The van der Waals surface area contributed by atoms with E-state index >= 15 is 0 Å². The Morgan fingerprint density at radius 3 is 2.32 bits per heavy atom. The number of halogens is 3. The summed E-state index contributed by atoms with van der Waals surface area (Å²) < 4.78 is 0.814. The third-order valence-corrected chi connectivity index (χ3v) is 4.74. The van der Waals surface area contributed by atoms with E-state index in [2.05, 4.69) is 15.9 Å². The van der Waals surface area contributed by atoms with Gasteiger partial charge in [0.2, 0.25) is 0 Å². The number of rotatable bonds is 2. The maximum atomic E-state index is 10.5. The zero-order valence-electron chi connectivity index (χ0n) is 10.5. The highest BCUT2D eigenvalue weighted by atomic mass is 79.9. The highest BCUT2D eigenvalue weighted by molar-refractivity contribution is 9.10. The maximum Gasteiger partial charge on any atom is 0.104 e. The fourth-order valence-electron chi connectivity index (χ4n) is 1.96. The van der Waals surface area contributed by atoms with Gasteiger partial charge >= 0.3 is 0 Å². The number of benzene rings is 2. The molecule has 2 aromatic carbocycles. The van der Waals surface area contributed by atoms with E-state index in [1.165, 1.54) is 0 Å². The molecule has 4 heteroatoms. The summed E-state index contributed by atoms with van der Waals surface area (Å²) in [6.07, 6.45) is -0.707. The predicted octanol–water partition coefficient (Wildman–Crippen LogP) is 5.45. The molecule has 0 amide bonds. The van der Waals surface area contributed by atoms with Gasteiger partial charge in [-0.05, 0) is 70.2 Å². The largest absolute Gasteiger partial charge is 0.384 e. The van der Waals surface area contributed by atoms with Crippen LogP contribution in [0.5, 0.6) is 0 Å². The summed E-state index contributed by atoms with van der Waals surface area (Å²) in [4.78, 5) is 0. The molecule has 0 saturated carbocycles. The number of aliphatic hydroxyl groups excluding tert-OH is 1. The molecule has 0 aliphatic rings. The van der Waals surface area contributed by atoms with Crippen LogP contribution in [-0.4, -0.2) is 5.11 Å². The van der Waals surface area contributed by atoms with Crippen molar-refractivity contribution in [2.24, 2.45) is 0 Å².